The zero-order valence-corrected chi connectivity index (χ0v) is 21.2. The van der Waals surface area contributed by atoms with Crippen LogP contribution in [0.5, 0.6) is 11.5 Å². The summed E-state index contributed by atoms with van der Waals surface area (Å²) in [6.07, 6.45) is 13.5. The van der Waals surface area contributed by atoms with Crippen molar-refractivity contribution in [3.05, 3.63) is 36.7 Å². The van der Waals surface area contributed by atoms with E-state index in [4.69, 9.17) is 9.47 Å². The van der Waals surface area contributed by atoms with Crippen molar-refractivity contribution in [2.45, 2.75) is 90.4 Å². The van der Waals surface area contributed by atoms with Crippen LogP contribution in [0.1, 0.15) is 65.2 Å². The first-order chi connectivity index (χ1) is 15.0. The number of nitrogens with zero attached hydrogens (tertiary/aromatic N) is 2. The molecule has 0 fully saturated rings. The van der Waals surface area contributed by atoms with Gasteiger partial charge in [0.25, 0.3) is 0 Å². The van der Waals surface area contributed by atoms with Gasteiger partial charge >= 0.3 is 0 Å². The minimum Gasteiger partial charge on any atom is -0.494 e. The lowest BCUT2D eigenvalue weighted by molar-refractivity contribution is 0.302. The molecule has 0 radical (unpaired) electrons. The predicted octanol–water partition coefficient (Wildman–Crippen LogP) is 7.77. The van der Waals surface area contributed by atoms with Crippen LogP contribution in [0, 0.1) is 0 Å². The molecular weight excluding hydrogens is 400 g/mol. The Morgan fingerprint density at radius 3 is 1.94 bits per heavy atom. The van der Waals surface area contributed by atoms with E-state index in [2.05, 4.69) is 36.9 Å². The number of aromatic nitrogens is 2. The van der Waals surface area contributed by atoms with E-state index in [1.807, 2.05) is 24.3 Å². The maximum Gasteiger partial charge on any atom is 0.159 e. The molecular formula is C26H42N2O2Si. The summed E-state index contributed by atoms with van der Waals surface area (Å²) in [5.41, 5.74) is 0.991. The van der Waals surface area contributed by atoms with Gasteiger partial charge in [-0.1, -0.05) is 77.6 Å². The largest absolute Gasteiger partial charge is 0.494 e. The molecule has 0 saturated carbocycles. The Kier molecular flexibility index (Phi) is 11.6. The number of hydrogen-bond donors (Lipinski definition) is 0. The molecule has 5 heteroatoms. The Balaban J connectivity index is 1.68. The first-order valence-corrected chi connectivity index (χ1v) is 15.6. The minimum atomic E-state index is -0.950. The monoisotopic (exact) mass is 442 g/mol. The third-order valence-corrected chi connectivity index (χ3v) is 9.60. The molecule has 0 bridgehead atoms. The lowest BCUT2D eigenvalue weighted by Gasteiger charge is -2.19. The number of unbranched alkanes of at least 4 members (excludes halogenated alkanes) is 6. The van der Waals surface area contributed by atoms with E-state index in [0.29, 0.717) is 5.82 Å². The lowest BCUT2D eigenvalue weighted by Crippen LogP contribution is -2.23. The van der Waals surface area contributed by atoms with Gasteiger partial charge in [0.1, 0.15) is 5.75 Å². The third-order valence-electron chi connectivity index (χ3n) is 5.98. The van der Waals surface area contributed by atoms with Gasteiger partial charge in [0.15, 0.2) is 11.6 Å². The Bertz CT molecular complexity index is 717. The summed E-state index contributed by atoms with van der Waals surface area (Å²) in [6, 6.07) is 10.8. The first-order valence-electron chi connectivity index (χ1n) is 12.2. The fraction of sp³-hybridized carbons (Fsp3) is 0.615. The topological polar surface area (TPSA) is 44.2 Å². The van der Waals surface area contributed by atoms with Gasteiger partial charge in [-0.2, -0.15) is 0 Å². The number of ether oxygens (including phenoxy) is 2. The van der Waals surface area contributed by atoms with Crippen molar-refractivity contribution in [1.29, 1.82) is 0 Å². The van der Waals surface area contributed by atoms with Crippen LogP contribution < -0.4 is 9.47 Å². The summed E-state index contributed by atoms with van der Waals surface area (Å²) < 4.78 is 11.7. The van der Waals surface area contributed by atoms with Crippen molar-refractivity contribution < 1.29 is 9.47 Å². The Morgan fingerprint density at radius 1 is 0.710 bits per heavy atom. The standard InChI is InChI=1S/C26H42N2O2Si/c1-5-7-8-9-10-11-18-30-25-21-27-26(28-22-25)23-14-16-24(17-15-23)29-19-12-13-20-31(3,4)6-2/h14-17,21-22H,5-13,18-20H2,1-4H3. The summed E-state index contributed by atoms with van der Waals surface area (Å²) in [5.74, 6) is 2.37. The molecule has 31 heavy (non-hydrogen) atoms. The zero-order valence-electron chi connectivity index (χ0n) is 20.2. The average Bonchev–Trinajstić information content (AvgIpc) is 2.79. The summed E-state index contributed by atoms with van der Waals surface area (Å²) in [4.78, 5) is 8.92. The zero-order chi connectivity index (χ0) is 22.4. The molecule has 1 aromatic heterocycles. The van der Waals surface area contributed by atoms with Crippen LogP contribution in [0.4, 0.5) is 0 Å². The van der Waals surface area contributed by atoms with Gasteiger partial charge in [0.2, 0.25) is 0 Å². The van der Waals surface area contributed by atoms with Crippen molar-refractivity contribution in [2.75, 3.05) is 13.2 Å². The normalized spacial score (nSPS) is 11.5. The van der Waals surface area contributed by atoms with Gasteiger partial charge in [-0.05, 0) is 37.1 Å². The maximum atomic E-state index is 5.90. The molecule has 4 nitrogen and oxygen atoms in total. The van der Waals surface area contributed by atoms with Gasteiger partial charge in [0, 0.05) is 13.6 Å². The molecule has 172 valence electrons. The summed E-state index contributed by atoms with van der Waals surface area (Å²) in [7, 11) is -0.950. The summed E-state index contributed by atoms with van der Waals surface area (Å²) in [5, 5.41) is 0. The van der Waals surface area contributed by atoms with Crippen LogP contribution in [0.25, 0.3) is 11.4 Å². The second kappa shape index (κ2) is 14.2. The third kappa shape index (κ3) is 10.3. The van der Waals surface area contributed by atoms with E-state index in [-0.39, 0.29) is 0 Å². The van der Waals surface area contributed by atoms with Crippen LogP contribution in [0.2, 0.25) is 25.2 Å². The van der Waals surface area contributed by atoms with E-state index in [1.165, 1.54) is 50.6 Å². The van der Waals surface area contributed by atoms with E-state index in [1.54, 1.807) is 12.4 Å². The molecule has 1 heterocycles. The molecule has 0 aliphatic carbocycles. The van der Waals surface area contributed by atoms with Crippen LogP contribution in [0.15, 0.2) is 36.7 Å². The SMILES string of the molecule is CCCCCCCCOc1cnc(-c2ccc(OCCCC[Si](C)(C)CC)cc2)nc1. The molecule has 0 spiro atoms. The van der Waals surface area contributed by atoms with Crippen molar-refractivity contribution >= 4 is 8.07 Å². The minimum absolute atomic E-state index is 0.713. The average molecular weight is 443 g/mol. The molecule has 2 rings (SSSR count). The van der Waals surface area contributed by atoms with Gasteiger partial charge < -0.3 is 9.47 Å². The van der Waals surface area contributed by atoms with Crippen molar-refractivity contribution in [3.63, 3.8) is 0 Å². The van der Waals surface area contributed by atoms with Crippen molar-refractivity contribution in [2.24, 2.45) is 0 Å². The molecule has 0 aliphatic heterocycles. The number of benzene rings is 1. The Hall–Kier alpha value is -1.88. The van der Waals surface area contributed by atoms with Crippen LogP contribution >= 0.6 is 0 Å². The second-order valence-electron chi connectivity index (χ2n) is 9.21. The van der Waals surface area contributed by atoms with Gasteiger partial charge in [0.05, 0.1) is 25.6 Å². The highest BCUT2D eigenvalue weighted by atomic mass is 28.3. The van der Waals surface area contributed by atoms with Crippen LogP contribution in [-0.2, 0) is 0 Å². The summed E-state index contributed by atoms with van der Waals surface area (Å²) in [6.45, 7) is 11.0. The highest BCUT2D eigenvalue weighted by Crippen LogP contribution is 2.22. The number of hydrogen-bond acceptors (Lipinski definition) is 4. The van der Waals surface area contributed by atoms with E-state index >= 15 is 0 Å². The van der Waals surface area contributed by atoms with Crippen LogP contribution in [0.3, 0.4) is 0 Å². The smallest absolute Gasteiger partial charge is 0.159 e. The van der Waals surface area contributed by atoms with Crippen molar-refractivity contribution in [3.8, 4) is 22.9 Å². The maximum absolute atomic E-state index is 5.90. The predicted molar refractivity (Wildman–Crippen MR) is 134 cm³/mol. The quantitative estimate of drug-likeness (QED) is 0.197. The van der Waals surface area contributed by atoms with Gasteiger partial charge in [-0.3, -0.25) is 0 Å². The molecule has 0 N–H and O–H groups in total. The lowest BCUT2D eigenvalue weighted by atomic mass is 10.1. The Labute approximate surface area is 190 Å². The van der Waals surface area contributed by atoms with E-state index in [0.717, 1.165) is 43.1 Å². The second-order valence-corrected chi connectivity index (χ2v) is 14.7. The van der Waals surface area contributed by atoms with Crippen molar-refractivity contribution in [1.82, 2.24) is 9.97 Å². The van der Waals surface area contributed by atoms with Crippen LogP contribution in [-0.4, -0.2) is 31.3 Å². The first kappa shape index (κ1) is 25.4. The molecule has 1 aromatic carbocycles. The molecule has 0 aliphatic rings. The van der Waals surface area contributed by atoms with Gasteiger partial charge in [-0.25, -0.2) is 9.97 Å². The molecule has 0 saturated heterocycles. The molecule has 0 amide bonds. The highest BCUT2D eigenvalue weighted by molar-refractivity contribution is 6.77. The molecule has 0 unspecified atom stereocenters. The van der Waals surface area contributed by atoms with Gasteiger partial charge in [-0.15, -0.1) is 0 Å². The number of rotatable bonds is 16. The molecule has 0 atom stereocenters. The fourth-order valence-electron chi connectivity index (χ4n) is 3.38. The van der Waals surface area contributed by atoms with E-state index < -0.39 is 8.07 Å². The molecule has 2 aromatic rings. The fourth-order valence-corrected chi connectivity index (χ4v) is 4.95. The Morgan fingerprint density at radius 2 is 1.29 bits per heavy atom. The van der Waals surface area contributed by atoms with E-state index in [9.17, 15) is 0 Å². The summed E-state index contributed by atoms with van der Waals surface area (Å²) >= 11 is 0. The highest BCUT2D eigenvalue weighted by Gasteiger charge is 2.16.